The number of benzene rings is 1. The molecule has 0 saturated heterocycles. The lowest BCUT2D eigenvalue weighted by Crippen LogP contribution is -2.11. The van der Waals surface area contributed by atoms with Gasteiger partial charge in [-0.1, -0.05) is 31.4 Å². The zero-order valence-corrected chi connectivity index (χ0v) is 16.7. The van der Waals surface area contributed by atoms with E-state index >= 15 is 0 Å². The van der Waals surface area contributed by atoms with E-state index in [4.69, 9.17) is 0 Å². The highest BCUT2D eigenvalue weighted by Crippen LogP contribution is 2.40. The second kappa shape index (κ2) is 8.17. The molecule has 1 aromatic carbocycles. The number of hydrogen-bond donors (Lipinski definition) is 1. The number of alkyl halides is 3. The number of rotatable bonds is 5. The zero-order valence-electron chi connectivity index (χ0n) is 15.9. The first kappa shape index (κ1) is 20.5. The lowest BCUT2D eigenvalue weighted by molar-refractivity contribution is -0.384. The van der Waals surface area contributed by atoms with Crippen molar-refractivity contribution >= 4 is 33.1 Å². The van der Waals surface area contributed by atoms with Crippen LogP contribution in [-0.4, -0.2) is 14.9 Å². The van der Waals surface area contributed by atoms with Crippen LogP contribution in [0.5, 0.6) is 0 Å². The molecular formula is C20H19F3N4O2S. The number of thiophene rings is 1. The summed E-state index contributed by atoms with van der Waals surface area (Å²) in [6.07, 6.45) is 0.656. The minimum absolute atomic E-state index is 0.0417. The predicted octanol–water partition coefficient (Wildman–Crippen LogP) is 6.28. The van der Waals surface area contributed by atoms with Crippen LogP contribution in [0.1, 0.15) is 54.3 Å². The quantitative estimate of drug-likeness (QED) is 0.376. The lowest BCUT2D eigenvalue weighted by atomic mass is 9.88. The summed E-state index contributed by atoms with van der Waals surface area (Å²) in [5.41, 5.74) is 0.598. The second-order valence-electron chi connectivity index (χ2n) is 7.37. The summed E-state index contributed by atoms with van der Waals surface area (Å²) in [4.78, 5) is 19.1. The van der Waals surface area contributed by atoms with Crippen molar-refractivity contribution in [3.05, 3.63) is 56.7 Å². The van der Waals surface area contributed by atoms with Gasteiger partial charge < -0.3 is 5.32 Å². The van der Waals surface area contributed by atoms with Crippen LogP contribution in [-0.2, 0) is 12.7 Å². The topological polar surface area (TPSA) is 81.0 Å². The molecule has 30 heavy (non-hydrogen) atoms. The summed E-state index contributed by atoms with van der Waals surface area (Å²) in [6, 6.07) is 7.18. The summed E-state index contributed by atoms with van der Waals surface area (Å²) in [6.45, 7) is 0.203. The maximum atomic E-state index is 13.3. The molecule has 3 aromatic rings. The van der Waals surface area contributed by atoms with Crippen LogP contribution in [0.4, 0.5) is 24.7 Å². The molecule has 2 aromatic heterocycles. The summed E-state index contributed by atoms with van der Waals surface area (Å²) in [5.74, 6) is 1.04. The number of fused-ring (bicyclic) bond motifs is 1. The van der Waals surface area contributed by atoms with Crippen LogP contribution in [0.15, 0.2) is 30.3 Å². The van der Waals surface area contributed by atoms with E-state index < -0.39 is 16.0 Å². The number of nitro benzene ring substituents is 1. The maximum Gasteiger partial charge on any atom is 0.425 e. The molecule has 1 N–H and O–H groups in total. The van der Waals surface area contributed by atoms with Crippen LogP contribution in [0.25, 0.3) is 10.2 Å². The highest BCUT2D eigenvalue weighted by atomic mass is 32.1. The molecule has 0 unspecified atom stereocenters. The molecule has 0 spiro atoms. The molecule has 6 nitrogen and oxygen atoms in total. The fourth-order valence-electron chi connectivity index (χ4n) is 3.72. The van der Waals surface area contributed by atoms with Crippen molar-refractivity contribution in [2.45, 2.75) is 50.7 Å². The average molecular weight is 436 g/mol. The van der Waals surface area contributed by atoms with Gasteiger partial charge in [0.05, 0.1) is 10.3 Å². The fourth-order valence-corrected chi connectivity index (χ4v) is 4.63. The number of halogens is 3. The minimum Gasteiger partial charge on any atom is -0.365 e. The van der Waals surface area contributed by atoms with Gasteiger partial charge in [-0.2, -0.15) is 13.2 Å². The van der Waals surface area contributed by atoms with Crippen molar-refractivity contribution < 1.29 is 18.1 Å². The Hall–Kier alpha value is -2.75. The molecule has 10 heteroatoms. The number of nitro groups is 1. The summed E-state index contributed by atoms with van der Waals surface area (Å²) in [7, 11) is 0. The van der Waals surface area contributed by atoms with Crippen molar-refractivity contribution in [1.82, 2.24) is 9.97 Å². The van der Waals surface area contributed by atoms with E-state index in [1.54, 1.807) is 12.1 Å². The van der Waals surface area contributed by atoms with E-state index in [0.717, 1.165) is 38.2 Å². The first-order valence-electron chi connectivity index (χ1n) is 9.67. The van der Waals surface area contributed by atoms with E-state index in [0.29, 0.717) is 38.8 Å². The number of anilines is 1. The Kier molecular flexibility index (Phi) is 5.59. The van der Waals surface area contributed by atoms with Gasteiger partial charge in [0.2, 0.25) is 0 Å². The van der Waals surface area contributed by atoms with Gasteiger partial charge in [0.1, 0.15) is 21.3 Å². The van der Waals surface area contributed by atoms with Gasteiger partial charge in [-0.15, -0.1) is 11.3 Å². The molecule has 4 rings (SSSR count). The molecule has 0 aliphatic heterocycles. The molecule has 1 aliphatic rings. The van der Waals surface area contributed by atoms with Gasteiger partial charge in [-0.3, -0.25) is 10.1 Å². The minimum atomic E-state index is -4.45. The Morgan fingerprint density at radius 1 is 1.17 bits per heavy atom. The Balaban J connectivity index is 1.69. The Morgan fingerprint density at radius 3 is 2.63 bits per heavy atom. The van der Waals surface area contributed by atoms with Crippen molar-refractivity contribution in [1.29, 1.82) is 0 Å². The monoisotopic (exact) mass is 436 g/mol. The fraction of sp³-hybridized carbons (Fsp3) is 0.400. The second-order valence-corrected chi connectivity index (χ2v) is 8.40. The summed E-state index contributed by atoms with van der Waals surface area (Å²) in [5, 5.41) is 14.4. The first-order chi connectivity index (χ1) is 14.3. The molecule has 1 saturated carbocycles. The zero-order chi connectivity index (χ0) is 21.3. The summed E-state index contributed by atoms with van der Waals surface area (Å²) >= 11 is 0.619. The van der Waals surface area contributed by atoms with Gasteiger partial charge in [-0.05, 0) is 24.5 Å². The van der Waals surface area contributed by atoms with E-state index in [2.05, 4.69) is 15.3 Å². The first-order valence-corrected chi connectivity index (χ1v) is 10.5. The molecule has 158 valence electrons. The van der Waals surface area contributed by atoms with Crippen LogP contribution in [0, 0.1) is 10.1 Å². The van der Waals surface area contributed by atoms with Gasteiger partial charge >= 0.3 is 6.18 Å². The number of nitrogens with one attached hydrogen (secondary N) is 1. The largest absolute Gasteiger partial charge is 0.425 e. The number of non-ortho nitro benzene ring substituents is 1. The normalized spacial score (nSPS) is 15.4. The molecule has 2 heterocycles. The van der Waals surface area contributed by atoms with Crippen LogP contribution < -0.4 is 5.32 Å². The molecule has 0 atom stereocenters. The molecular weight excluding hydrogens is 417 g/mol. The van der Waals surface area contributed by atoms with E-state index in [1.807, 2.05) is 0 Å². The smallest absolute Gasteiger partial charge is 0.365 e. The Labute approximate surface area is 174 Å². The summed E-state index contributed by atoms with van der Waals surface area (Å²) < 4.78 is 39.8. The van der Waals surface area contributed by atoms with E-state index in [9.17, 15) is 23.3 Å². The standard InChI is InChI=1S/C20H19F3N4O2S/c21-20(22,23)16-10-15-18(24-11-12-5-4-8-14(9-12)27(28)29)25-17(26-19(15)30-16)13-6-2-1-3-7-13/h4-5,8-10,13H,1-3,6-7,11H2,(H,24,25,26). The molecule has 1 aliphatic carbocycles. The maximum absolute atomic E-state index is 13.3. The van der Waals surface area contributed by atoms with Gasteiger partial charge in [-0.25, -0.2) is 9.97 Å². The average Bonchev–Trinajstić information content (AvgIpc) is 3.18. The van der Waals surface area contributed by atoms with E-state index in [1.165, 1.54) is 12.1 Å². The van der Waals surface area contributed by atoms with Crippen molar-refractivity contribution in [3.63, 3.8) is 0 Å². The van der Waals surface area contributed by atoms with Crippen molar-refractivity contribution in [3.8, 4) is 0 Å². The molecule has 1 fully saturated rings. The molecule has 0 radical (unpaired) electrons. The van der Waals surface area contributed by atoms with Crippen molar-refractivity contribution in [2.24, 2.45) is 0 Å². The van der Waals surface area contributed by atoms with Crippen LogP contribution in [0.2, 0.25) is 0 Å². The Bertz CT molecular complexity index is 1080. The van der Waals surface area contributed by atoms with Crippen LogP contribution in [0.3, 0.4) is 0 Å². The third kappa shape index (κ3) is 4.38. The van der Waals surface area contributed by atoms with Crippen LogP contribution >= 0.6 is 11.3 Å². The van der Waals surface area contributed by atoms with Gasteiger partial charge in [0.15, 0.2) is 0 Å². The van der Waals surface area contributed by atoms with Gasteiger partial charge in [0, 0.05) is 24.6 Å². The highest BCUT2D eigenvalue weighted by Gasteiger charge is 2.34. The highest BCUT2D eigenvalue weighted by molar-refractivity contribution is 7.18. The lowest BCUT2D eigenvalue weighted by Gasteiger charge is -2.21. The van der Waals surface area contributed by atoms with E-state index in [-0.39, 0.29) is 18.2 Å². The van der Waals surface area contributed by atoms with Gasteiger partial charge in [0.25, 0.3) is 5.69 Å². The van der Waals surface area contributed by atoms with Crippen molar-refractivity contribution in [2.75, 3.05) is 5.32 Å². The molecule has 0 bridgehead atoms. The number of hydrogen-bond acceptors (Lipinski definition) is 6. The third-order valence-electron chi connectivity index (χ3n) is 5.24. The molecule has 0 amide bonds. The number of nitrogens with zero attached hydrogens (tertiary/aromatic N) is 3. The number of aromatic nitrogens is 2. The Morgan fingerprint density at radius 2 is 1.93 bits per heavy atom. The third-order valence-corrected chi connectivity index (χ3v) is 6.31. The predicted molar refractivity (Wildman–Crippen MR) is 109 cm³/mol. The SMILES string of the molecule is O=[N+]([O-])c1cccc(CNc2nc(C3CCCCC3)nc3sc(C(F)(F)F)cc23)c1.